The average molecular weight is 200 g/mol. The SMILES string of the molecule is COC(C)(C)CCN1CCN[C@H](C)C1. The third kappa shape index (κ3) is 3.95. The average Bonchev–Trinajstić information content (AvgIpc) is 2.15. The number of piperazine rings is 1. The second kappa shape index (κ2) is 5.10. The van der Waals surface area contributed by atoms with Crippen LogP contribution >= 0.6 is 0 Å². The van der Waals surface area contributed by atoms with E-state index in [1.165, 1.54) is 13.1 Å². The summed E-state index contributed by atoms with van der Waals surface area (Å²) in [4.78, 5) is 2.52. The van der Waals surface area contributed by atoms with Crippen LogP contribution in [0.1, 0.15) is 27.2 Å². The molecule has 0 aromatic carbocycles. The van der Waals surface area contributed by atoms with Crippen molar-refractivity contribution in [2.75, 3.05) is 33.3 Å². The highest BCUT2D eigenvalue weighted by atomic mass is 16.5. The molecule has 0 spiro atoms. The van der Waals surface area contributed by atoms with Crippen LogP contribution in [0.4, 0.5) is 0 Å². The summed E-state index contributed by atoms with van der Waals surface area (Å²) in [6, 6.07) is 0.634. The molecule has 1 rings (SSSR count). The summed E-state index contributed by atoms with van der Waals surface area (Å²) >= 11 is 0. The Bertz CT molecular complexity index is 171. The van der Waals surface area contributed by atoms with Gasteiger partial charge in [0.05, 0.1) is 5.60 Å². The number of hydrogen-bond acceptors (Lipinski definition) is 3. The number of rotatable bonds is 4. The lowest BCUT2D eigenvalue weighted by molar-refractivity contribution is 0.00559. The number of methoxy groups -OCH3 is 1. The maximum absolute atomic E-state index is 5.41. The van der Waals surface area contributed by atoms with Gasteiger partial charge < -0.3 is 15.0 Å². The van der Waals surface area contributed by atoms with Gasteiger partial charge in [0.15, 0.2) is 0 Å². The summed E-state index contributed by atoms with van der Waals surface area (Å²) < 4.78 is 5.41. The molecule has 0 unspecified atom stereocenters. The quantitative estimate of drug-likeness (QED) is 0.735. The Morgan fingerprint density at radius 3 is 2.79 bits per heavy atom. The highest BCUT2D eigenvalue weighted by molar-refractivity contribution is 4.77. The zero-order valence-corrected chi connectivity index (χ0v) is 9.97. The Kier molecular flexibility index (Phi) is 4.35. The molecule has 1 fully saturated rings. The van der Waals surface area contributed by atoms with E-state index in [-0.39, 0.29) is 5.60 Å². The molecule has 84 valence electrons. The fourth-order valence-electron chi connectivity index (χ4n) is 1.74. The van der Waals surface area contributed by atoms with Crippen LogP contribution in [0.2, 0.25) is 0 Å². The van der Waals surface area contributed by atoms with Crippen LogP contribution in [-0.4, -0.2) is 49.8 Å². The minimum absolute atomic E-state index is 0.0219. The molecule has 0 bridgehead atoms. The number of nitrogens with zero attached hydrogens (tertiary/aromatic N) is 1. The van der Waals surface area contributed by atoms with E-state index >= 15 is 0 Å². The Labute approximate surface area is 87.8 Å². The highest BCUT2D eigenvalue weighted by Gasteiger charge is 2.20. The zero-order valence-electron chi connectivity index (χ0n) is 9.97. The van der Waals surface area contributed by atoms with Crippen molar-refractivity contribution in [1.29, 1.82) is 0 Å². The first-order chi connectivity index (χ1) is 6.53. The van der Waals surface area contributed by atoms with Crippen molar-refractivity contribution in [2.24, 2.45) is 0 Å². The molecule has 0 radical (unpaired) electrons. The second-order valence-electron chi connectivity index (χ2n) is 4.87. The molecule has 0 aromatic heterocycles. The Hall–Kier alpha value is -0.120. The molecule has 1 heterocycles. The van der Waals surface area contributed by atoms with Crippen LogP contribution in [0.5, 0.6) is 0 Å². The molecule has 1 N–H and O–H groups in total. The lowest BCUT2D eigenvalue weighted by Crippen LogP contribution is -2.50. The van der Waals surface area contributed by atoms with Crippen molar-refractivity contribution in [2.45, 2.75) is 38.8 Å². The lowest BCUT2D eigenvalue weighted by Gasteiger charge is -2.34. The molecule has 0 saturated carbocycles. The summed E-state index contributed by atoms with van der Waals surface area (Å²) in [5, 5.41) is 3.45. The minimum atomic E-state index is 0.0219. The molecule has 1 atom stereocenters. The van der Waals surface area contributed by atoms with Gasteiger partial charge in [-0.1, -0.05) is 0 Å². The van der Waals surface area contributed by atoms with E-state index in [4.69, 9.17) is 4.74 Å². The third-order valence-corrected chi connectivity index (χ3v) is 3.04. The highest BCUT2D eigenvalue weighted by Crippen LogP contribution is 2.14. The van der Waals surface area contributed by atoms with E-state index in [1.54, 1.807) is 7.11 Å². The van der Waals surface area contributed by atoms with Crippen molar-refractivity contribution in [1.82, 2.24) is 10.2 Å². The van der Waals surface area contributed by atoms with Gasteiger partial charge in [0.1, 0.15) is 0 Å². The van der Waals surface area contributed by atoms with Crippen LogP contribution in [0.25, 0.3) is 0 Å². The first-order valence-corrected chi connectivity index (χ1v) is 5.54. The molecule has 1 aliphatic rings. The first kappa shape index (κ1) is 12.0. The molecular weight excluding hydrogens is 176 g/mol. The molecule has 3 heteroatoms. The number of hydrogen-bond donors (Lipinski definition) is 1. The first-order valence-electron chi connectivity index (χ1n) is 5.54. The standard InChI is InChI=1S/C11H24N2O/c1-10-9-13(8-6-12-10)7-5-11(2,3)14-4/h10,12H,5-9H2,1-4H3/t10-/m1/s1. The molecule has 0 amide bonds. The van der Waals surface area contributed by atoms with Gasteiger partial charge in [-0.05, 0) is 27.2 Å². The molecular formula is C11H24N2O. The lowest BCUT2D eigenvalue weighted by atomic mass is 10.0. The summed E-state index contributed by atoms with van der Waals surface area (Å²) in [5.41, 5.74) is 0.0219. The van der Waals surface area contributed by atoms with Crippen molar-refractivity contribution < 1.29 is 4.74 Å². The van der Waals surface area contributed by atoms with Crippen molar-refractivity contribution in [3.63, 3.8) is 0 Å². The maximum Gasteiger partial charge on any atom is 0.0634 e. The monoisotopic (exact) mass is 200 g/mol. The largest absolute Gasteiger partial charge is 0.379 e. The molecule has 3 nitrogen and oxygen atoms in total. The summed E-state index contributed by atoms with van der Waals surface area (Å²) in [5.74, 6) is 0. The van der Waals surface area contributed by atoms with Gasteiger partial charge in [-0.15, -0.1) is 0 Å². The van der Waals surface area contributed by atoms with Gasteiger partial charge in [-0.3, -0.25) is 0 Å². The smallest absolute Gasteiger partial charge is 0.0634 e. The van der Waals surface area contributed by atoms with Gasteiger partial charge in [0.2, 0.25) is 0 Å². The van der Waals surface area contributed by atoms with Crippen molar-refractivity contribution in [3.8, 4) is 0 Å². The van der Waals surface area contributed by atoms with Gasteiger partial charge in [-0.25, -0.2) is 0 Å². The van der Waals surface area contributed by atoms with E-state index in [0.717, 1.165) is 19.5 Å². The predicted molar refractivity (Wildman–Crippen MR) is 59.6 cm³/mol. The molecule has 14 heavy (non-hydrogen) atoms. The maximum atomic E-state index is 5.41. The summed E-state index contributed by atoms with van der Waals surface area (Å²) in [6.45, 7) is 11.1. The predicted octanol–water partition coefficient (Wildman–Crippen LogP) is 1.10. The Morgan fingerprint density at radius 2 is 2.21 bits per heavy atom. The molecule has 1 aliphatic heterocycles. The zero-order chi connectivity index (χ0) is 10.6. The van der Waals surface area contributed by atoms with Crippen molar-refractivity contribution in [3.05, 3.63) is 0 Å². The van der Waals surface area contributed by atoms with Crippen LogP contribution in [-0.2, 0) is 4.74 Å². The Balaban J connectivity index is 2.23. The van der Waals surface area contributed by atoms with Crippen molar-refractivity contribution >= 4 is 0 Å². The topological polar surface area (TPSA) is 24.5 Å². The van der Waals surface area contributed by atoms with E-state index < -0.39 is 0 Å². The Morgan fingerprint density at radius 1 is 1.50 bits per heavy atom. The minimum Gasteiger partial charge on any atom is -0.379 e. The van der Waals surface area contributed by atoms with Crippen LogP contribution in [0.3, 0.4) is 0 Å². The fourth-order valence-corrected chi connectivity index (χ4v) is 1.74. The summed E-state index contributed by atoms with van der Waals surface area (Å²) in [6.07, 6.45) is 1.11. The van der Waals surface area contributed by atoms with Gasteiger partial charge in [-0.2, -0.15) is 0 Å². The van der Waals surface area contributed by atoms with Gasteiger partial charge in [0.25, 0.3) is 0 Å². The fraction of sp³-hybridized carbons (Fsp3) is 1.00. The van der Waals surface area contributed by atoms with Crippen LogP contribution in [0.15, 0.2) is 0 Å². The summed E-state index contributed by atoms with van der Waals surface area (Å²) in [7, 11) is 1.79. The van der Waals surface area contributed by atoms with E-state index in [9.17, 15) is 0 Å². The third-order valence-electron chi connectivity index (χ3n) is 3.04. The van der Waals surface area contributed by atoms with E-state index in [0.29, 0.717) is 6.04 Å². The molecule has 0 aromatic rings. The van der Waals surface area contributed by atoms with E-state index in [1.807, 2.05) is 0 Å². The second-order valence-corrected chi connectivity index (χ2v) is 4.87. The molecule has 1 saturated heterocycles. The molecule has 0 aliphatic carbocycles. The number of nitrogens with one attached hydrogen (secondary N) is 1. The van der Waals surface area contributed by atoms with Crippen LogP contribution < -0.4 is 5.32 Å². The van der Waals surface area contributed by atoms with Gasteiger partial charge in [0, 0.05) is 39.3 Å². The van der Waals surface area contributed by atoms with E-state index in [2.05, 4.69) is 31.0 Å². The normalized spacial score (nSPS) is 25.3. The van der Waals surface area contributed by atoms with Gasteiger partial charge >= 0.3 is 0 Å². The number of ether oxygens (including phenoxy) is 1. The van der Waals surface area contributed by atoms with Crippen LogP contribution in [0, 0.1) is 0 Å².